The SMILES string of the molecule is CC1(C)c2ccccc2-c2ccc(N(c3ccc(-c4ccccc4)cc3)c3cccc4c3C(=O)c3ccccc3-4)cc21. The highest BCUT2D eigenvalue weighted by atomic mass is 16.1. The highest BCUT2D eigenvalue weighted by molar-refractivity contribution is 6.25. The van der Waals surface area contributed by atoms with Crippen LogP contribution in [0, 0.1) is 0 Å². The molecule has 0 saturated heterocycles. The van der Waals surface area contributed by atoms with Crippen molar-refractivity contribution in [3.05, 3.63) is 162 Å². The molecule has 42 heavy (non-hydrogen) atoms. The van der Waals surface area contributed by atoms with E-state index in [0.29, 0.717) is 0 Å². The van der Waals surface area contributed by atoms with Gasteiger partial charge in [-0.3, -0.25) is 4.79 Å². The molecule has 0 saturated carbocycles. The Bertz CT molecular complexity index is 2020. The predicted octanol–water partition coefficient (Wildman–Crippen LogP) is 10.3. The molecule has 6 aromatic rings. The average molecular weight is 540 g/mol. The Kier molecular flexibility index (Phi) is 5.36. The van der Waals surface area contributed by atoms with Gasteiger partial charge in [0.05, 0.1) is 11.3 Å². The van der Waals surface area contributed by atoms with E-state index in [9.17, 15) is 4.79 Å². The van der Waals surface area contributed by atoms with Crippen LogP contribution in [0.2, 0.25) is 0 Å². The molecule has 2 aliphatic rings. The van der Waals surface area contributed by atoms with Gasteiger partial charge in [-0.1, -0.05) is 123 Å². The van der Waals surface area contributed by atoms with Crippen LogP contribution < -0.4 is 4.90 Å². The van der Waals surface area contributed by atoms with Crippen molar-refractivity contribution in [2.24, 2.45) is 0 Å². The molecule has 0 N–H and O–H groups in total. The topological polar surface area (TPSA) is 20.3 Å². The smallest absolute Gasteiger partial charge is 0.196 e. The van der Waals surface area contributed by atoms with Gasteiger partial charge in [0.25, 0.3) is 0 Å². The molecule has 0 bridgehead atoms. The number of hydrogen-bond donors (Lipinski definition) is 0. The summed E-state index contributed by atoms with van der Waals surface area (Å²) in [4.78, 5) is 16.2. The molecule has 2 heteroatoms. The molecule has 0 atom stereocenters. The summed E-state index contributed by atoms with van der Waals surface area (Å²) in [5.41, 5.74) is 13.9. The Morgan fingerprint density at radius 2 is 1.07 bits per heavy atom. The molecule has 6 aromatic carbocycles. The fraction of sp³-hybridized carbons (Fsp3) is 0.0750. The zero-order valence-electron chi connectivity index (χ0n) is 23.6. The summed E-state index contributed by atoms with van der Waals surface area (Å²) >= 11 is 0. The second-order valence-electron chi connectivity index (χ2n) is 11.7. The van der Waals surface area contributed by atoms with E-state index in [0.717, 1.165) is 44.9 Å². The first-order chi connectivity index (χ1) is 20.5. The molecule has 0 unspecified atom stereocenters. The van der Waals surface area contributed by atoms with Crippen LogP contribution in [0.5, 0.6) is 0 Å². The molecule has 0 fully saturated rings. The van der Waals surface area contributed by atoms with Crippen molar-refractivity contribution in [3.63, 3.8) is 0 Å². The maximum atomic E-state index is 13.9. The number of benzene rings is 6. The lowest BCUT2D eigenvalue weighted by molar-refractivity contribution is 0.104. The monoisotopic (exact) mass is 539 g/mol. The third-order valence-electron chi connectivity index (χ3n) is 9.03. The highest BCUT2D eigenvalue weighted by Gasteiger charge is 2.36. The minimum Gasteiger partial charge on any atom is -0.310 e. The summed E-state index contributed by atoms with van der Waals surface area (Å²) in [5, 5.41) is 0. The van der Waals surface area contributed by atoms with Crippen molar-refractivity contribution in [2.75, 3.05) is 4.90 Å². The van der Waals surface area contributed by atoms with Crippen molar-refractivity contribution in [1.29, 1.82) is 0 Å². The van der Waals surface area contributed by atoms with Gasteiger partial charge in [0.2, 0.25) is 0 Å². The summed E-state index contributed by atoms with van der Waals surface area (Å²) in [6, 6.07) is 48.8. The number of carbonyl (C=O) groups is 1. The first-order valence-electron chi connectivity index (χ1n) is 14.5. The van der Waals surface area contributed by atoms with Crippen LogP contribution in [0.4, 0.5) is 17.1 Å². The quantitative estimate of drug-likeness (QED) is 0.222. The molecule has 2 nitrogen and oxygen atoms in total. The van der Waals surface area contributed by atoms with Crippen LogP contribution in [0.3, 0.4) is 0 Å². The third kappa shape index (κ3) is 3.55. The number of carbonyl (C=O) groups excluding carboxylic acids is 1. The molecule has 0 spiro atoms. The maximum Gasteiger partial charge on any atom is 0.196 e. The van der Waals surface area contributed by atoms with Crippen LogP contribution >= 0.6 is 0 Å². The molecule has 8 rings (SSSR count). The second kappa shape index (κ2) is 9.15. The van der Waals surface area contributed by atoms with E-state index < -0.39 is 0 Å². The molecule has 0 heterocycles. The van der Waals surface area contributed by atoms with E-state index in [1.807, 2.05) is 24.3 Å². The second-order valence-corrected chi connectivity index (χ2v) is 11.7. The number of nitrogens with zero attached hydrogens (tertiary/aromatic N) is 1. The number of hydrogen-bond acceptors (Lipinski definition) is 2. The molecular formula is C40H29NO. The molecular weight excluding hydrogens is 510 g/mol. The zero-order chi connectivity index (χ0) is 28.4. The van der Waals surface area contributed by atoms with Gasteiger partial charge in [-0.05, 0) is 74.8 Å². The van der Waals surface area contributed by atoms with E-state index >= 15 is 0 Å². The zero-order valence-corrected chi connectivity index (χ0v) is 23.6. The van der Waals surface area contributed by atoms with Crippen LogP contribution in [0.25, 0.3) is 33.4 Å². The summed E-state index contributed by atoms with van der Waals surface area (Å²) in [7, 11) is 0. The van der Waals surface area contributed by atoms with Gasteiger partial charge < -0.3 is 4.90 Å². The number of fused-ring (bicyclic) bond motifs is 6. The Morgan fingerprint density at radius 3 is 1.86 bits per heavy atom. The maximum absolute atomic E-state index is 13.9. The normalized spacial score (nSPS) is 13.7. The first kappa shape index (κ1) is 24.6. The van der Waals surface area contributed by atoms with Gasteiger partial charge in [0, 0.05) is 22.4 Å². The number of rotatable bonds is 4. The predicted molar refractivity (Wildman–Crippen MR) is 173 cm³/mol. The molecule has 200 valence electrons. The Morgan fingerprint density at radius 1 is 0.476 bits per heavy atom. The molecule has 0 radical (unpaired) electrons. The van der Waals surface area contributed by atoms with E-state index in [1.165, 1.54) is 27.8 Å². The lowest BCUT2D eigenvalue weighted by Gasteiger charge is -2.29. The van der Waals surface area contributed by atoms with E-state index in [4.69, 9.17) is 0 Å². The largest absolute Gasteiger partial charge is 0.310 e. The van der Waals surface area contributed by atoms with Gasteiger partial charge in [0.15, 0.2) is 5.78 Å². The molecule has 0 aromatic heterocycles. The van der Waals surface area contributed by atoms with Gasteiger partial charge in [-0.15, -0.1) is 0 Å². The Labute approximate surface area is 246 Å². The fourth-order valence-electron chi connectivity index (χ4n) is 6.93. The minimum atomic E-state index is -0.129. The molecule has 0 amide bonds. The standard InChI is InChI=1S/C40H29NO/c1-40(2)35-17-9-8-14-31(35)32-24-23-29(25-36(32)40)41(28-21-19-27(20-22-28)26-11-4-3-5-12-26)37-18-10-16-33-30-13-6-7-15-34(30)39(42)38(33)37/h3-25H,1-2H3. The van der Waals surface area contributed by atoms with Gasteiger partial charge in [-0.25, -0.2) is 0 Å². The van der Waals surface area contributed by atoms with Crippen LogP contribution in [-0.2, 0) is 5.41 Å². The minimum absolute atomic E-state index is 0.0796. The Hall–Kier alpha value is -5.21. The third-order valence-corrected chi connectivity index (χ3v) is 9.03. The number of ketones is 1. The lowest BCUT2D eigenvalue weighted by Crippen LogP contribution is -2.17. The molecule has 2 aliphatic carbocycles. The number of anilines is 3. The van der Waals surface area contributed by atoms with Crippen molar-refractivity contribution < 1.29 is 4.79 Å². The highest BCUT2D eigenvalue weighted by Crippen LogP contribution is 2.51. The first-order valence-corrected chi connectivity index (χ1v) is 14.5. The van der Waals surface area contributed by atoms with E-state index in [1.54, 1.807) is 0 Å². The Balaban J connectivity index is 1.33. The fourth-order valence-corrected chi connectivity index (χ4v) is 6.93. The van der Waals surface area contributed by atoms with Gasteiger partial charge in [-0.2, -0.15) is 0 Å². The summed E-state index contributed by atoms with van der Waals surface area (Å²) in [6.45, 7) is 4.61. The molecule has 0 aliphatic heterocycles. The van der Waals surface area contributed by atoms with Crippen molar-refractivity contribution in [1.82, 2.24) is 0 Å². The van der Waals surface area contributed by atoms with Crippen LogP contribution in [0.15, 0.2) is 140 Å². The summed E-state index contributed by atoms with van der Waals surface area (Å²) in [6.07, 6.45) is 0. The van der Waals surface area contributed by atoms with Crippen molar-refractivity contribution >= 4 is 22.8 Å². The van der Waals surface area contributed by atoms with Gasteiger partial charge in [0.1, 0.15) is 0 Å². The van der Waals surface area contributed by atoms with E-state index in [2.05, 4.69) is 134 Å². The van der Waals surface area contributed by atoms with E-state index in [-0.39, 0.29) is 11.2 Å². The van der Waals surface area contributed by atoms with Crippen LogP contribution in [-0.4, -0.2) is 5.78 Å². The summed E-state index contributed by atoms with van der Waals surface area (Å²) < 4.78 is 0. The summed E-state index contributed by atoms with van der Waals surface area (Å²) in [5.74, 6) is 0.0796. The van der Waals surface area contributed by atoms with Crippen molar-refractivity contribution in [2.45, 2.75) is 19.3 Å². The van der Waals surface area contributed by atoms with Gasteiger partial charge >= 0.3 is 0 Å². The van der Waals surface area contributed by atoms with Crippen LogP contribution in [0.1, 0.15) is 40.9 Å². The van der Waals surface area contributed by atoms with Crippen molar-refractivity contribution in [3.8, 4) is 33.4 Å². The average Bonchev–Trinajstić information content (AvgIpc) is 3.46. The lowest BCUT2D eigenvalue weighted by atomic mass is 9.82.